The van der Waals surface area contributed by atoms with Crippen LogP contribution in [0.5, 0.6) is 5.75 Å². The standard InChI is InChI=1S/C10H14ClNO/c1-12(2)6-5-8-3-4-9(13)7-10(8)11/h3-4,7,13H,5-6H2,1-2H3. The van der Waals surface area contributed by atoms with Crippen LogP contribution in [0.25, 0.3) is 0 Å². The summed E-state index contributed by atoms with van der Waals surface area (Å²) in [4.78, 5) is 2.10. The first kappa shape index (κ1) is 10.4. The first-order valence-electron chi connectivity index (χ1n) is 4.21. The predicted octanol–water partition coefficient (Wildman–Crippen LogP) is 2.15. The van der Waals surface area contributed by atoms with Crippen molar-refractivity contribution in [2.24, 2.45) is 0 Å². The Balaban J connectivity index is 2.67. The number of halogens is 1. The summed E-state index contributed by atoms with van der Waals surface area (Å²) in [6.07, 6.45) is 0.909. The molecule has 0 spiro atoms. The van der Waals surface area contributed by atoms with Crippen LogP contribution in [0.2, 0.25) is 5.02 Å². The van der Waals surface area contributed by atoms with Crippen molar-refractivity contribution < 1.29 is 5.11 Å². The summed E-state index contributed by atoms with van der Waals surface area (Å²) in [5.74, 6) is 0.221. The lowest BCUT2D eigenvalue weighted by molar-refractivity contribution is 0.413. The Morgan fingerprint density at radius 3 is 2.62 bits per heavy atom. The lowest BCUT2D eigenvalue weighted by atomic mass is 10.1. The van der Waals surface area contributed by atoms with Gasteiger partial charge in [0.15, 0.2) is 0 Å². The van der Waals surface area contributed by atoms with E-state index in [2.05, 4.69) is 4.90 Å². The van der Waals surface area contributed by atoms with E-state index in [9.17, 15) is 0 Å². The summed E-state index contributed by atoms with van der Waals surface area (Å²) in [5.41, 5.74) is 1.08. The monoisotopic (exact) mass is 199 g/mol. The molecule has 1 aromatic carbocycles. The van der Waals surface area contributed by atoms with E-state index in [1.807, 2.05) is 20.2 Å². The number of rotatable bonds is 3. The summed E-state index contributed by atoms with van der Waals surface area (Å²) < 4.78 is 0. The molecule has 3 heteroatoms. The highest BCUT2D eigenvalue weighted by Gasteiger charge is 2.01. The van der Waals surface area contributed by atoms with Gasteiger partial charge in [0.1, 0.15) is 5.75 Å². The van der Waals surface area contributed by atoms with Gasteiger partial charge in [-0.1, -0.05) is 17.7 Å². The van der Waals surface area contributed by atoms with Gasteiger partial charge in [-0.2, -0.15) is 0 Å². The van der Waals surface area contributed by atoms with Crippen molar-refractivity contribution in [1.82, 2.24) is 4.90 Å². The van der Waals surface area contributed by atoms with Gasteiger partial charge in [0.25, 0.3) is 0 Å². The summed E-state index contributed by atoms with van der Waals surface area (Å²) in [6.45, 7) is 0.963. The van der Waals surface area contributed by atoms with Crippen LogP contribution in [0.1, 0.15) is 5.56 Å². The molecule has 1 aromatic rings. The molecule has 1 rings (SSSR count). The molecule has 72 valence electrons. The molecule has 0 aliphatic carbocycles. The van der Waals surface area contributed by atoms with Crippen LogP contribution in [0, 0.1) is 0 Å². The Kier molecular flexibility index (Phi) is 3.58. The van der Waals surface area contributed by atoms with Gasteiger partial charge in [-0.3, -0.25) is 0 Å². The maximum Gasteiger partial charge on any atom is 0.117 e. The van der Waals surface area contributed by atoms with E-state index in [1.165, 1.54) is 0 Å². The van der Waals surface area contributed by atoms with E-state index in [1.54, 1.807) is 12.1 Å². The fraction of sp³-hybridized carbons (Fsp3) is 0.400. The van der Waals surface area contributed by atoms with Gasteiger partial charge < -0.3 is 10.0 Å². The van der Waals surface area contributed by atoms with Crippen LogP contribution in [0.4, 0.5) is 0 Å². The molecule has 0 aromatic heterocycles. The second kappa shape index (κ2) is 4.49. The SMILES string of the molecule is CN(C)CCc1ccc(O)cc1Cl. The van der Waals surface area contributed by atoms with Crippen molar-refractivity contribution in [3.63, 3.8) is 0 Å². The van der Waals surface area contributed by atoms with Crippen molar-refractivity contribution in [1.29, 1.82) is 0 Å². The molecule has 0 saturated heterocycles. The number of hydrogen-bond donors (Lipinski definition) is 1. The van der Waals surface area contributed by atoms with Crippen LogP contribution in [0.3, 0.4) is 0 Å². The molecule has 2 nitrogen and oxygen atoms in total. The maximum atomic E-state index is 9.12. The molecule has 1 N–H and O–H groups in total. The molecule has 0 unspecified atom stereocenters. The van der Waals surface area contributed by atoms with Gasteiger partial charge in [0.05, 0.1) is 0 Å². The van der Waals surface area contributed by atoms with Crippen molar-refractivity contribution in [2.45, 2.75) is 6.42 Å². The van der Waals surface area contributed by atoms with E-state index in [4.69, 9.17) is 16.7 Å². The first-order chi connectivity index (χ1) is 6.09. The molecule has 13 heavy (non-hydrogen) atoms. The molecule has 0 amide bonds. The average molecular weight is 200 g/mol. The van der Waals surface area contributed by atoms with Gasteiger partial charge in [0.2, 0.25) is 0 Å². The molecule has 0 heterocycles. The van der Waals surface area contributed by atoms with Gasteiger partial charge in [-0.05, 0) is 38.2 Å². The summed E-state index contributed by atoms with van der Waals surface area (Å²) in [6, 6.07) is 5.10. The first-order valence-corrected chi connectivity index (χ1v) is 4.59. The van der Waals surface area contributed by atoms with Gasteiger partial charge >= 0.3 is 0 Å². The molecule has 0 radical (unpaired) electrons. The second-order valence-corrected chi connectivity index (χ2v) is 3.74. The zero-order chi connectivity index (χ0) is 9.84. The van der Waals surface area contributed by atoms with Gasteiger partial charge in [-0.25, -0.2) is 0 Å². The van der Waals surface area contributed by atoms with E-state index in [-0.39, 0.29) is 5.75 Å². The van der Waals surface area contributed by atoms with Crippen molar-refractivity contribution in [3.05, 3.63) is 28.8 Å². The number of phenols is 1. The fourth-order valence-electron chi connectivity index (χ4n) is 1.08. The molecule has 0 bridgehead atoms. The van der Waals surface area contributed by atoms with Crippen LogP contribution >= 0.6 is 11.6 Å². The minimum absolute atomic E-state index is 0.221. The van der Waals surface area contributed by atoms with Crippen molar-refractivity contribution in [3.8, 4) is 5.75 Å². The summed E-state index contributed by atoms with van der Waals surface area (Å²) in [7, 11) is 4.04. The molecular weight excluding hydrogens is 186 g/mol. The highest BCUT2D eigenvalue weighted by molar-refractivity contribution is 6.31. The zero-order valence-electron chi connectivity index (χ0n) is 7.92. The Bertz CT molecular complexity index is 286. The molecule has 0 aliphatic heterocycles. The number of benzene rings is 1. The van der Waals surface area contributed by atoms with Gasteiger partial charge in [0, 0.05) is 11.6 Å². The normalized spacial score (nSPS) is 10.8. The van der Waals surface area contributed by atoms with E-state index in [0.29, 0.717) is 5.02 Å². The largest absolute Gasteiger partial charge is 0.508 e. The second-order valence-electron chi connectivity index (χ2n) is 3.33. The third-order valence-electron chi connectivity index (χ3n) is 1.87. The van der Waals surface area contributed by atoms with Gasteiger partial charge in [-0.15, -0.1) is 0 Å². The number of phenolic OH excluding ortho intramolecular Hbond substituents is 1. The molecule has 0 aliphatic rings. The third-order valence-corrected chi connectivity index (χ3v) is 2.22. The quantitative estimate of drug-likeness (QED) is 0.807. The fourth-order valence-corrected chi connectivity index (χ4v) is 1.35. The Morgan fingerprint density at radius 1 is 1.38 bits per heavy atom. The smallest absolute Gasteiger partial charge is 0.117 e. The molecular formula is C10H14ClNO. The predicted molar refractivity (Wildman–Crippen MR) is 55.4 cm³/mol. The van der Waals surface area contributed by atoms with E-state index < -0.39 is 0 Å². The number of nitrogens with zero attached hydrogens (tertiary/aromatic N) is 1. The lowest BCUT2D eigenvalue weighted by Crippen LogP contribution is -2.15. The lowest BCUT2D eigenvalue weighted by Gasteiger charge is -2.10. The Morgan fingerprint density at radius 2 is 2.08 bits per heavy atom. The highest BCUT2D eigenvalue weighted by atomic mass is 35.5. The minimum Gasteiger partial charge on any atom is -0.508 e. The molecule has 0 saturated carbocycles. The Labute approximate surface area is 83.7 Å². The van der Waals surface area contributed by atoms with Crippen LogP contribution in [-0.4, -0.2) is 30.6 Å². The molecule has 0 fully saturated rings. The molecule has 0 atom stereocenters. The topological polar surface area (TPSA) is 23.5 Å². The average Bonchev–Trinajstić information content (AvgIpc) is 2.02. The zero-order valence-corrected chi connectivity index (χ0v) is 8.67. The van der Waals surface area contributed by atoms with E-state index in [0.717, 1.165) is 18.5 Å². The summed E-state index contributed by atoms with van der Waals surface area (Å²) >= 11 is 5.93. The summed E-state index contributed by atoms with van der Waals surface area (Å²) in [5, 5.41) is 9.76. The van der Waals surface area contributed by atoms with Crippen LogP contribution in [-0.2, 0) is 6.42 Å². The number of likely N-dealkylation sites (N-methyl/N-ethyl adjacent to an activating group) is 1. The van der Waals surface area contributed by atoms with Crippen molar-refractivity contribution >= 4 is 11.6 Å². The van der Waals surface area contributed by atoms with E-state index >= 15 is 0 Å². The Hall–Kier alpha value is -0.730. The number of hydrogen-bond acceptors (Lipinski definition) is 2. The number of aromatic hydroxyl groups is 1. The minimum atomic E-state index is 0.221. The maximum absolute atomic E-state index is 9.12. The van der Waals surface area contributed by atoms with Crippen LogP contribution < -0.4 is 0 Å². The highest BCUT2D eigenvalue weighted by Crippen LogP contribution is 2.21. The third kappa shape index (κ3) is 3.25. The van der Waals surface area contributed by atoms with Crippen LogP contribution in [0.15, 0.2) is 18.2 Å². The van der Waals surface area contributed by atoms with Crippen molar-refractivity contribution in [2.75, 3.05) is 20.6 Å².